The minimum Gasteiger partial charge on any atom is -0.443 e. The molecule has 0 unspecified atom stereocenters. The molecular formula is C25H25ClN4O5S2. The average molecular weight is 561 g/mol. The molecule has 0 atom stereocenters. The summed E-state index contributed by atoms with van der Waals surface area (Å²) in [6, 6.07) is 10.4. The van der Waals surface area contributed by atoms with E-state index >= 15 is 0 Å². The Labute approximate surface area is 223 Å². The van der Waals surface area contributed by atoms with E-state index in [1.165, 1.54) is 8.87 Å². The van der Waals surface area contributed by atoms with Crippen LogP contribution in [0.5, 0.6) is 0 Å². The molecule has 0 saturated carbocycles. The van der Waals surface area contributed by atoms with Crippen LogP contribution in [0, 0.1) is 0 Å². The predicted octanol–water partition coefficient (Wildman–Crippen LogP) is 4.72. The van der Waals surface area contributed by atoms with Crippen LogP contribution in [-0.2, 0) is 26.1 Å². The molecule has 0 spiro atoms. The Kier molecular flexibility index (Phi) is 6.51. The third kappa shape index (κ3) is 5.08. The monoisotopic (exact) mass is 560 g/mol. The number of rotatable bonds is 4. The summed E-state index contributed by atoms with van der Waals surface area (Å²) in [5.74, 6) is -0.349. The fourth-order valence-corrected chi connectivity index (χ4v) is 7.44. The normalized spacial score (nSPS) is 15.6. The first-order chi connectivity index (χ1) is 17.4. The van der Waals surface area contributed by atoms with Crippen LogP contribution in [-0.4, -0.2) is 64.4 Å². The number of carbonyl (C=O) groups is 2. The largest absolute Gasteiger partial charge is 0.443 e. The SMILES string of the molecule is CC(C)(C)OC(=O)n1c(CN2CCN(S(=O)(=O)c3cc4ccc(Cl)cc4s3)CC2=O)cc2ccncc21. The number of fused-ring (bicyclic) bond motifs is 2. The zero-order valence-corrected chi connectivity index (χ0v) is 22.9. The third-order valence-corrected chi connectivity index (χ3v) is 9.58. The summed E-state index contributed by atoms with van der Waals surface area (Å²) in [5, 5.41) is 2.10. The summed E-state index contributed by atoms with van der Waals surface area (Å²) in [7, 11) is -3.85. The number of nitrogens with zero attached hydrogens (tertiary/aromatic N) is 4. The van der Waals surface area contributed by atoms with Crippen LogP contribution in [0.4, 0.5) is 4.79 Å². The van der Waals surface area contributed by atoms with E-state index in [1.807, 2.05) is 6.07 Å². The lowest BCUT2D eigenvalue weighted by Gasteiger charge is -2.33. The molecule has 1 amide bonds. The molecule has 9 nitrogen and oxygen atoms in total. The molecule has 1 aliphatic heterocycles. The second-order valence-corrected chi connectivity index (χ2v) is 13.5. The van der Waals surface area contributed by atoms with Gasteiger partial charge in [-0.1, -0.05) is 17.7 Å². The number of benzene rings is 1. The highest BCUT2D eigenvalue weighted by atomic mass is 35.5. The summed E-state index contributed by atoms with van der Waals surface area (Å²) < 4.78 is 35.8. The number of halogens is 1. The first-order valence-electron chi connectivity index (χ1n) is 11.6. The highest BCUT2D eigenvalue weighted by molar-refractivity contribution is 7.91. The molecule has 37 heavy (non-hydrogen) atoms. The molecule has 0 aliphatic carbocycles. The number of hydrogen-bond donors (Lipinski definition) is 0. The molecule has 194 valence electrons. The summed E-state index contributed by atoms with van der Waals surface area (Å²) in [5.41, 5.74) is 0.425. The predicted molar refractivity (Wildman–Crippen MR) is 142 cm³/mol. The lowest BCUT2D eigenvalue weighted by atomic mass is 10.2. The van der Waals surface area contributed by atoms with Crippen molar-refractivity contribution in [1.29, 1.82) is 0 Å². The lowest BCUT2D eigenvalue weighted by molar-refractivity contribution is -0.134. The molecule has 4 aromatic rings. The van der Waals surface area contributed by atoms with Gasteiger partial charge in [0.15, 0.2) is 0 Å². The Morgan fingerprint density at radius 1 is 1.14 bits per heavy atom. The Hall–Kier alpha value is -2.99. The van der Waals surface area contributed by atoms with Crippen molar-refractivity contribution in [3.8, 4) is 0 Å². The Morgan fingerprint density at radius 2 is 1.92 bits per heavy atom. The Balaban J connectivity index is 1.37. The molecule has 0 N–H and O–H groups in total. The maximum Gasteiger partial charge on any atom is 0.419 e. The van der Waals surface area contributed by atoms with Gasteiger partial charge in [-0.05, 0) is 56.5 Å². The van der Waals surface area contributed by atoms with Crippen molar-refractivity contribution < 1.29 is 22.7 Å². The van der Waals surface area contributed by atoms with E-state index in [1.54, 1.807) is 68.4 Å². The fourth-order valence-electron chi connectivity index (χ4n) is 4.23. The van der Waals surface area contributed by atoms with Crippen LogP contribution in [0.2, 0.25) is 5.02 Å². The number of carbonyl (C=O) groups excluding carboxylic acids is 2. The number of thiophene rings is 1. The van der Waals surface area contributed by atoms with E-state index < -0.39 is 21.7 Å². The molecule has 0 radical (unpaired) electrons. The molecule has 3 aromatic heterocycles. The first kappa shape index (κ1) is 25.7. The highest BCUT2D eigenvalue weighted by Crippen LogP contribution is 2.33. The maximum atomic E-state index is 13.3. The topological polar surface area (TPSA) is 102 Å². The van der Waals surface area contributed by atoms with Crippen molar-refractivity contribution in [3.63, 3.8) is 0 Å². The molecular weight excluding hydrogens is 536 g/mol. The molecule has 4 heterocycles. The molecule has 1 aliphatic rings. The molecule has 1 aromatic carbocycles. The first-order valence-corrected chi connectivity index (χ1v) is 14.2. The van der Waals surface area contributed by atoms with Gasteiger partial charge < -0.3 is 9.64 Å². The van der Waals surface area contributed by atoms with E-state index in [2.05, 4.69) is 4.98 Å². The smallest absolute Gasteiger partial charge is 0.419 e. The fraction of sp³-hybridized carbons (Fsp3) is 0.320. The van der Waals surface area contributed by atoms with Crippen molar-refractivity contribution >= 4 is 66.0 Å². The minimum absolute atomic E-state index is 0.127. The van der Waals surface area contributed by atoms with E-state index in [0.717, 1.165) is 26.8 Å². The van der Waals surface area contributed by atoms with Crippen molar-refractivity contribution in [2.45, 2.75) is 37.1 Å². The van der Waals surface area contributed by atoms with Crippen molar-refractivity contribution in [1.82, 2.24) is 18.8 Å². The number of amides is 1. The van der Waals surface area contributed by atoms with Gasteiger partial charge in [-0.25, -0.2) is 17.8 Å². The number of ether oxygens (including phenoxy) is 1. The molecule has 0 bridgehead atoms. The number of hydrogen-bond acceptors (Lipinski definition) is 7. The van der Waals surface area contributed by atoms with Crippen LogP contribution in [0.3, 0.4) is 0 Å². The van der Waals surface area contributed by atoms with Gasteiger partial charge in [0.1, 0.15) is 9.81 Å². The van der Waals surface area contributed by atoms with Crippen LogP contribution >= 0.6 is 22.9 Å². The summed E-state index contributed by atoms with van der Waals surface area (Å²) in [6.45, 7) is 5.50. The van der Waals surface area contributed by atoms with E-state index in [9.17, 15) is 18.0 Å². The third-order valence-electron chi connectivity index (χ3n) is 5.95. The van der Waals surface area contributed by atoms with Crippen molar-refractivity contribution in [3.05, 3.63) is 59.5 Å². The summed E-state index contributed by atoms with van der Waals surface area (Å²) in [4.78, 5) is 31.8. The maximum absolute atomic E-state index is 13.3. The van der Waals surface area contributed by atoms with Crippen LogP contribution in [0.1, 0.15) is 26.5 Å². The number of piperazine rings is 1. The van der Waals surface area contributed by atoms with Gasteiger partial charge in [-0.2, -0.15) is 4.31 Å². The molecule has 1 saturated heterocycles. The van der Waals surface area contributed by atoms with Gasteiger partial charge in [0, 0.05) is 40.1 Å². The van der Waals surface area contributed by atoms with Gasteiger partial charge in [-0.15, -0.1) is 11.3 Å². The highest BCUT2D eigenvalue weighted by Gasteiger charge is 2.35. The van der Waals surface area contributed by atoms with Crippen LogP contribution < -0.4 is 0 Å². The summed E-state index contributed by atoms with van der Waals surface area (Å²) in [6.07, 6.45) is 2.64. The quantitative estimate of drug-likeness (QED) is 0.358. The van der Waals surface area contributed by atoms with E-state index in [4.69, 9.17) is 16.3 Å². The van der Waals surface area contributed by atoms with Gasteiger partial charge in [0.2, 0.25) is 5.91 Å². The van der Waals surface area contributed by atoms with Crippen LogP contribution in [0.25, 0.3) is 21.0 Å². The number of aromatic nitrogens is 2. The van der Waals surface area contributed by atoms with Gasteiger partial charge in [-0.3, -0.25) is 9.78 Å². The molecule has 5 rings (SSSR count). The minimum atomic E-state index is -3.85. The zero-order chi connectivity index (χ0) is 26.5. The van der Waals surface area contributed by atoms with Crippen molar-refractivity contribution in [2.24, 2.45) is 0 Å². The zero-order valence-electron chi connectivity index (χ0n) is 20.5. The van der Waals surface area contributed by atoms with E-state index in [-0.39, 0.29) is 36.3 Å². The second kappa shape index (κ2) is 9.39. The standard InChI is InChI=1S/C25H25ClN4O5S2/c1-25(2,3)35-24(32)30-19(10-16-6-7-27-13-20(16)30)14-28-8-9-29(15-22(28)31)37(33,34)23-11-17-4-5-18(26)12-21(17)36-23/h4-7,10-13H,8-9,14-15H2,1-3H3. The Morgan fingerprint density at radius 3 is 2.65 bits per heavy atom. The molecule has 1 fully saturated rings. The van der Waals surface area contributed by atoms with Gasteiger partial charge in [0.25, 0.3) is 10.0 Å². The average Bonchev–Trinajstić information content (AvgIpc) is 3.40. The van der Waals surface area contributed by atoms with E-state index in [0.29, 0.717) is 16.2 Å². The number of pyridine rings is 1. The number of sulfonamides is 1. The Bertz CT molecular complexity index is 1640. The van der Waals surface area contributed by atoms with Gasteiger partial charge in [0.05, 0.1) is 24.8 Å². The lowest BCUT2D eigenvalue weighted by Crippen LogP contribution is -2.51. The molecule has 12 heteroatoms. The summed E-state index contributed by atoms with van der Waals surface area (Å²) >= 11 is 7.17. The van der Waals surface area contributed by atoms with Gasteiger partial charge >= 0.3 is 6.09 Å². The second-order valence-electron chi connectivity index (χ2n) is 9.79. The van der Waals surface area contributed by atoms with Crippen molar-refractivity contribution in [2.75, 3.05) is 19.6 Å². The van der Waals surface area contributed by atoms with Crippen LogP contribution in [0.15, 0.2) is 53.0 Å².